The van der Waals surface area contributed by atoms with E-state index < -0.39 is 5.97 Å². The Morgan fingerprint density at radius 2 is 1.68 bits per heavy atom. The summed E-state index contributed by atoms with van der Waals surface area (Å²) in [5.74, 6) is -0.767. The number of carbonyl (C=O) groups excluding carboxylic acids is 1. The summed E-state index contributed by atoms with van der Waals surface area (Å²) in [5.41, 5.74) is 1.47. The van der Waals surface area contributed by atoms with Gasteiger partial charge in [0.05, 0.1) is 12.3 Å². The molecule has 0 aliphatic heterocycles. The van der Waals surface area contributed by atoms with Crippen LogP contribution in [0, 0.1) is 0 Å². The molecule has 1 aromatic heterocycles. The quantitative estimate of drug-likeness (QED) is 0.746. The monoisotopic (exact) mass is 293 g/mol. The number of carbonyl (C=O) groups is 1. The summed E-state index contributed by atoms with van der Waals surface area (Å²) in [4.78, 5) is 16.4. The maximum atomic E-state index is 12.0. The summed E-state index contributed by atoms with van der Waals surface area (Å²) in [6, 6.07) is 16.9. The molecule has 0 saturated heterocycles. The third-order valence-electron chi connectivity index (χ3n) is 3.40. The Morgan fingerprint density at radius 1 is 1.05 bits per heavy atom. The zero-order chi connectivity index (χ0) is 15.5. The van der Waals surface area contributed by atoms with Crippen molar-refractivity contribution in [1.82, 2.24) is 4.98 Å². The standard InChI is InChI=1S/C18H15NO3/c1-2-22-18(21)16-17(20)14-11-7-6-10-13(14)15(19-16)12-8-4-3-5-9-12/h3-11,20H,2H2,1H3. The van der Waals surface area contributed by atoms with Crippen molar-refractivity contribution >= 4 is 16.7 Å². The van der Waals surface area contributed by atoms with E-state index >= 15 is 0 Å². The van der Waals surface area contributed by atoms with E-state index in [0.29, 0.717) is 11.1 Å². The smallest absolute Gasteiger partial charge is 0.360 e. The van der Waals surface area contributed by atoms with Crippen molar-refractivity contribution in [2.75, 3.05) is 6.61 Å². The molecule has 1 heterocycles. The number of aromatic hydroxyl groups is 1. The van der Waals surface area contributed by atoms with Crippen LogP contribution in [0.25, 0.3) is 22.0 Å². The van der Waals surface area contributed by atoms with Gasteiger partial charge in [0.25, 0.3) is 0 Å². The minimum Gasteiger partial charge on any atom is -0.505 e. The summed E-state index contributed by atoms with van der Waals surface area (Å²) < 4.78 is 4.99. The third-order valence-corrected chi connectivity index (χ3v) is 3.40. The summed E-state index contributed by atoms with van der Waals surface area (Å²) in [6.07, 6.45) is 0. The number of ether oxygens (including phenoxy) is 1. The number of esters is 1. The molecule has 0 aliphatic carbocycles. The molecule has 110 valence electrons. The van der Waals surface area contributed by atoms with Crippen molar-refractivity contribution in [2.45, 2.75) is 6.92 Å². The lowest BCUT2D eigenvalue weighted by atomic mass is 10.0. The zero-order valence-corrected chi connectivity index (χ0v) is 12.1. The van der Waals surface area contributed by atoms with Gasteiger partial charge in [-0.2, -0.15) is 0 Å². The van der Waals surface area contributed by atoms with Crippen molar-refractivity contribution in [3.05, 3.63) is 60.3 Å². The van der Waals surface area contributed by atoms with Crippen molar-refractivity contribution in [1.29, 1.82) is 0 Å². The normalized spacial score (nSPS) is 10.6. The van der Waals surface area contributed by atoms with E-state index in [2.05, 4.69) is 4.98 Å². The number of pyridine rings is 1. The highest BCUT2D eigenvalue weighted by molar-refractivity contribution is 6.04. The molecular formula is C18H15NO3. The zero-order valence-electron chi connectivity index (χ0n) is 12.1. The Labute approximate surface area is 128 Å². The molecule has 0 fully saturated rings. The minimum atomic E-state index is -0.622. The van der Waals surface area contributed by atoms with Crippen LogP contribution in [-0.4, -0.2) is 22.7 Å². The fraction of sp³-hybridized carbons (Fsp3) is 0.111. The number of hydrogen-bond acceptors (Lipinski definition) is 4. The van der Waals surface area contributed by atoms with Crippen LogP contribution in [0.3, 0.4) is 0 Å². The van der Waals surface area contributed by atoms with Gasteiger partial charge in [0.2, 0.25) is 0 Å². The van der Waals surface area contributed by atoms with Crippen molar-refractivity contribution in [3.8, 4) is 17.0 Å². The van der Waals surface area contributed by atoms with Gasteiger partial charge >= 0.3 is 5.97 Å². The highest BCUT2D eigenvalue weighted by Gasteiger charge is 2.20. The molecule has 0 amide bonds. The van der Waals surface area contributed by atoms with Crippen molar-refractivity contribution < 1.29 is 14.6 Å². The Bertz CT molecular complexity index is 828. The number of fused-ring (bicyclic) bond motifs is 1. The van der Waals surface area contributed by atoms with E-state index in [1.807, 2.05) is 48.5 Å². The molecular weight excluding hydrogens is 278 g/mol. The summed E-state index contributed by atoms with van der Waals surface area (Å²) in [5, 5.41) is 11.7. The summed E-state index contributed by atoms with van der Waals surface area (Å²) >= 11 is 0. The fourth-order valence-corrected chi connectivity index (χ4v) is 2.41. The fourth-order valence-electron chi connectivity index (χ4n) is 2.41. The van der Waals surface area contributed by atoms with Crippen LogP contribution in [0.1, 0.15) is 17.4 Å². The average molecular weight is 293 g/mol. The first kappa shape index (κ1) is 14.1. The van der Waals surface area contributed by atoms with E-state index in [4.69, 9.17) is 4.74 Å². The van der Waals surface area contributed by atoms with E-state index in [9.17, 15) is 9.90 Å². The second kappa shape index (κ2) is 5.85. The molecule has 3 aromatic rings. The van der Waals surface area contributed by atoms with Gasteiger partial charge in [0, 0.05) is 16.3 Å². The Kier molecular flexibility index (Phi) is 3.74. The lowest BCUT2D eigenvalue weighted by molar-refractivity contribution is 0.0516. The average Bonchev–Trinajstić information content (AvgIpc) is 2.56. The number of aromatic nitrogens is 1. The topological polar surface area (TPSA) is 59.4 Å². The molecule has 0 spiro atoms. The van der Waals surface area contributed by atoms with Gasteiger partial charge in [0.1, 0.15) is 0 Å². The minimum absolute atomic E-state index is 0.0561. The molecule has 0 saturated carbocycles. The molecule has 0 aliphatic rings. The Morgan fingerprint density at radius 3 is 2.36 bits per heavy atom. The third kappa shape index (κ3) is 2.39. The van der Waals surface area contributed by atoms with E-state index in [-0.39, 0.29) is 18.1 Å². The van der Waals surface area contributed by atoms with Crippen LogP contribution >= 0.6 is 0 Å². The molecule has 1 N–H and O–H groups in total. The highest BCUT2D eigenvalue weighted by Crippen LogP contribution is 2.34. The Hall–Kier alpha value is -2.88. The first-order valence-corrected chi connectivity index (χ1v) is 7.06. The SMILES string of the molecule is CCOC(=O)c1nc(-c2ccccc2)c2ccccc2c1O. The van der Waals surface area contributed by atoms with Crippen LogP contribution < -0.4 is 0 Å². The maximum absolute atomic E-state index is 12.0. The van der Waals surface area contributed by atoms with Gasteiger partial charge in [-0.05, 0) is 6.92 Å². The van der Waals surface area contributed by atoms with Crippen LogP contribution in [-0.2, 0) is 4.74 Å². The van der Waals surface area contributed by atoms with Gasteiger partial charge in [-0.1, -0.05) is 54.6 Å². The molecule has 0 radical (unpaired) electrons. The van der Waals surface area contributed by atoms with Crippen molar-refractivity contribution in [2.24, 2.45) is 0 Å². The highest BCUT2D eigenvalue weighted by atomic mass is 16.5. The van der Waals surface area contributed by atoms with E-state index in [1.54, 1.807) is 13.0 Å². The maximum Gasteiger partial charge on any atom is 0.360 e. The summed E-state index contributed by atoms with van der Waals surface area (Å²) in [7, 11) is 0. The number of hydrogen-bond donors (Lipinski definition) is 1. The van der Waals surface area contributed by atoms with Crippen molar-refractivity contribution in [3.63, 3.8) is 0 Å². The molecule has 0 unspecified atom stereocenters. The van der Waals surface area contributed by atoms with E-state index in [0.717, 1.165) is 10.9 Å². The second-order valence-corrected chi connectivity index (χ2v) is 4.79. The Balaban J connectivity index is 2.31. The molecule has 0 atom stereocenters. The molecule has 4 nitrogen and oxygen atoms in total. The first-order chi connectivity index (χ1) is 10.7. The van der Waals surface area contributed by atoms with Crippen LogP contribution in [0.5, 0.6) is 5.75 Å². The van der Waals surface area contributed by atoms with Crippen LogP contribution in [0.15, 0.2) is 54.6 Å². The van der Waals surface area contributed by atoms with Gasteiger partial charge in [-0.3, -0.25) is 0 Å². The number of benzene rings is 2. The van der Waals surface area contributed by atoms with Gasteiger partial charge < -0.3 is 9.84 Å². The lowest BCUT2D eigenvalue weighted by Crippen LogP contribution is -2.08. The number of rotatable bonds is 3. The predicted octanol–water partition coefficient (Wildman–Crippen LogP) is 3.78. The van der Waals surface area contributed by atoms with Gasteiger partial charge in [-0.15, -0.1) is 0 Å². The first-order valence-electron chi connectivity index (χ1n) is 7.06. The molecule has 0 bridgehead atoms. The largest absolute Gasteiger partial charge is 0.505 e. The lowest BCUT2D eigenvalue weighted by Gasteiger charge is -2.11. The van der Waals surface area contributed by atoms with Gasteiger partial charge in [-0.25, -0.2) is 9.78 Å². The molecule has 22 heavy (non-hydrogen) atoms. The molecule has 3 rings (SSSR count). The molecule has 2 aromatic carbocycles. The van der Waals surface area contributed by atoms with E-state index in [1.165, 1.54) is 0 Å². The van der Waals surface area contributed by atoms with Gasteiger partial charge in [0.15, 0.2) is 11.4 Å². The predicted molar refractivity (Wildman–Crippen MR) is 84.8 cm³/mol. The van der Waals surface area contributed by atoms with Crippen LogP contribution in [0.4, 0.5) is 0 Å². The number of nitrogens with zero attached hydrogens (tertiary/aromatic N) is 1. The molecule has 4 heteroatoms. The van der Waals surface area contributed by atoms with Crippen LogP contribution in [0.2, 0.25) is 0 Å². The summed E-state index contributed by atoms with van der Waals surface area (Å²) in [6.45, 7) is 1.95. The second-order valence-electron chi connectivity index (χ2n) is 4.79.